The van der Waals surface area contributed by atoms with Crippen molar-refractivity contribution in [1.82, 2.24) is 25.5 Å². The summed E-state index contributed by atoms with van der Waals surface area (Å²) in [6.07, 6.45) is 1.79. The maximum Gasteiger partial charge on any atom is 0.243 e. The lowest BCUT2D eigenvalue weighted by Gasteiger charge is -2.07. The van der Waals surface area contributed by atoms with Gasteiger partial charge in [0.2, 0.25) is 11.7 Å². The first-order valence-corrected chi connectivity index (χ1v) is 8.84. The molecule has 2 aromatic carbocycles. The quantitative estimate of drug-likeness (QED) is 0.711. The molecule has 1 heterocycles. The third-order valence-electron chi connectivity index (χ3n) is 4.34. The number of nitrogens with one attached hydrogen (secondary N) is 1. The minimum Gasteiger partial charge on any atom is -0.354 e. The smallest absolute Gasteiger partial charge is 0.243 e. The molecule has 26 heavy (non-hydrogen) atoms. The van der Waals surface area contributed by atoms with Gasteiger partial charge in [0.05, 0.1) is 0 Å². The molecule has 0 atom stereocenters. The van der Waals surface area contributed by atoms with E-state index in [-0.39, 0.29) is 12.5 Å². The summed E-state index contributed by atoms with van der Waals surface area (Å²) in [6.45, 7) is 4.84. The summed E-state index contributed by atoms with van der Waals surface area (Å²) in [7, 11) is 0. The number of hydrogen-bond acceptors (Lipinski definition) is 4. The zero-order valence-corrected chi connectivity index (χ0v) is 15.1. The third-order valence-corrected chi connectivity index (χ3v) is 4.34. The average molecular weight is 349 g/mol. The van der Waals surface area contributed by atoms with Gasteiger partial charge in [-0.3, -0.25) is 4.79 Å². The second-order valence-corrected chi connectivity index (χ2v) is 6.22. The van der Waals surface area contributed by atoms with Gasteiger partial charge in [0.1, 0.15) is 6.54 Å². The van der Waals surface area contributed by atoms with Gasteiger partial charge in [-0.25, -0.2) is 0 Å². The highest BCUT2D eigenvalue weighted by Crippen LogP contribution is 2.14. The van der Waals surface area contributed by atoms with E-state index in [1.807, 2.05) is 36.4 Å². The van der Waals surface area contributed by atoms with Gasteiger partial charge in [-0.2, -0.15) is 4.80 Å². The fourth-order valence-corrected chi connectivity index (χ4v) is 2.73. The molecule has 0 spiro atoms. The number of rotatable bonds is 7. The molecule has 0 saturated carbocycles. The van der Waals surface area contributed by atoms with Crippen LogP contribution in [0.3, 0.4) is 0 Å². The van der Waals surface area contributed by atoms with E-state index in [0.29, 0.717) is 12.4 Å². The predicted octanol–water partition coefficient (Wildman–Crippen LogP) is 2.57. The van der Waals surface area contributed by atoms with Crippen molar-refractivity contribution < 1.29 is 4.79 Å². The Bertz CT molecular complexity index is 870. The Kier molecular flexibility index (Phi) is 5.73. The summed E-state index contributed by atoms with van der Waals surface area (Å²) in [4.78, 5) is 13.4. The maximum absolute atomic E-state index is 12.1. The van der Waals surface area contributed by atoms with Gasteiger partial charge in [-0.05, 0) is 41.7 Å². The standard InChI is InChI=1S/C20H23N5O/c1-3-16-8-10-18(11-9-16)20-22-24-25(23-20)14-19(26)21-13-12-17-7-5-4-6-15(17)2/h4-11H,3,12-14H2,1-2H3,(H,21,26). The number of carbonyl (C=O) groups is 1. The fourth-order valence-electron chi connectivity index (χ4n) is 2.73. The van der Waals surface area contributed by atoms with Crippen molar-refractivity contribution in [2.24, 2.45) is 0 Å². The first-order chi connectivity index (χ1) is 12.7. The number of benzene rings is 2. The first kappa shape index (κ1) is 17.8. The summed E-state index contributed by atoms with van der Waals surface area (Å²) in [5.41, 5.74) is 4.63. The zero-order valence-electron chi connectivity index (χ0n) is 15.1. The molecule has 1 amide bonds. The second kappa shape index (κ2) is 8.38. The molecule has 0 unspecified atom stereocenters. The van der Waals surface area contributed by atoms with E-state index in [0.717, 1.165) is 18.4 Å². The second-order valence-electron chi connectivity index (χ2n) is 6.22. The van der Waals surface area contributed by atoms with Crippen molar-refractivity contribution in [1.29, 1.82) is 0 Å². The van der Waals surface area contributed by atoms with Crippen LogP contribution in [0.1, 0.15) is 23.6 Å². The Morgan fingerprint density at radius 2 is 1.88 bits per heavy atom. The Balaban J connectivity index is 1.51. The Labute approximate surface area is 153 Å². The molecule has 1 aromatic heterocycles. The minimum absolute atomic E-state index is 0.0633. The topological polar surface area (TPSA) is 72.7 Å². The highest BCUT2D eigenvalue weighted by molar-refractivity contribution is 5.75. The Morgan fingerprint density at radius 1 is 1.12 bits per heavy atom. The summed E-state index contributed by atoms with van der Waals surface area (Å²) in [5, 5.41) is 15.2. The van der Waals surface area contributed by atoms with Crippen LogP contribution < -0.4 is 5.32 Å². The number of nitrogens with zero attached hydrogens (tertiary/aromatic N) is 4. The van der Waals surface area contributed by atoms with E-state index >= 15 is 0 Å². The predicted molar refractivity (Wildman–Crippen MR) is 101 cm³/mol. The van der Waals surface area contributed by atoms with Crippen LogP contribution in [0.25, 0.3) is 11.4 Å². The van der Waals surface area contributed by atoms with E-state index in [1.165, 1.54) is 21.5 Å². The molecule has 0 bridgehead atoms. The number of amides is 1. The van der Waals surface area contributed by atoms with Crippen molar-refractivity contribution in [2.45, 2.75) is 33.2 Å². The van der Waals surface area contributed by atoms with Crippen LogP contribution in [0.4, 0.5) is 0 Å². The molecule has 0 aliphatic rings. The van der Waals surface area contributed by atoms with Crippen LogP contribution in [0.2, 0.25) is 0 Å². The summed E-state index contributed by atoms with van der Waals surface area (Å²) in [6, 6.07) is 16.2. The van der Waals surface area contributed by atoms with Crippen LogP contribution in [0.5, 0.6) is 0 Å². The van der Waals surface area contributed by atoms with Gasteiger partial charge in [0.15, 0.2) is 0 Å². The van der Waals surface area contributed by atoms with Gasteiger partial charge in [-0.15, -0.1) is 10.2 Å². The Morgan fingerprint density at radius 3 is 2.62 bits per heavy atom. The molecule has 6 heteroatoms. The lowest BCUT2D eigenvalue weighted by Crippen LogP contribution is -2.30. The van der Waals surface area contributed by atoms with Gasteiger partial charge in [0.25, 0.3) is 0 Å². The molecule has 0 saturated heterocycles. The van der Waals surface area contributed by atoms with Crippen molar-refractivity contribution >= 4 is 5.91 Å². The van der Waals surface area contributed by atoms with Gasteiger partial charge in [-0.1, -0.05) is 55.5 Å². The molecule has 0 radical (unpaired) electrons. The largest absolute Gasteiger partial charge is 0.354 e. The van der Waals surface area contributed by atoms with E-state index < -0.39 is 0 Å². The van der Waals surface area contributed by atoms with Crippen LogP contribution in [-0.2, 0) is 24.2 Å². The molecule has 0 fully saturated rings. The van der Waals surface area contributed by atoms with Crippen molar-refractivity contribution in [3.8, 4) is 11.4 Å². The maximum atomic E-state index is 12.1. The lowest BCUT2D eigenvalue weighted by atomic mass is 10.1. The Hall–Kier alpha value is -3.02. The number of carbonyl (C=O) groups excluding carboxylic acids is 1. The zero-order chi connectivity index (χ0) is 18.4. The molecule has 0 aliphatic carbocycles. The summed E-state index contributed by atoms with van der Waals surface area (Å²) in [5.74, 6) is 0.407. The SMILES string of the molecule is CCc1ccc(-c2nnn(CC(=O)NCCc3ccccc3C)n2)cc1. The van der Waals surface area contributed by atoms with Crippen LogP contribution in [0, 0.1) is 6.92 Å². The van der Waals surface area contributed by atoms with Gasteiger partial charge >= 0.3 is 0 Å². The molecule has 3 aromatic rings. The fraction of sp³-hybridized carbons (Fsp3) is 0.300. The molecule has 3 rings (SSSR count). The number of tetrazole rings is 1. The van der Waals surface area contributed by atoms with Gasteiger partial charge in [0, 0.05) is 12.1 Å². The van der Waals surface area contributed by atoms with Crippen LogP contribution in [0.15, 0.2) is 48.5 Å². The highest BCUT2D eigenvalue weighted by Gasteiger charge is 2.09. The lowest BCUT2D eigenvalue weighted by molar-refractivity contribution is -0.122. The molecule has 134 valence electrons. The number of aryl methyl sites for hydroxylation is 2. The minimum atomic E-state index is -0.121. The monoisotopic (exact) mass is 349 g/mol. The van der Waals surface area contributed by atoms with Crippen molar-refractivity contribution in [2.75, 3.05) is 6.54 Å². The molecular formula is C20H23N5O. The molecule has 0 aliphatic heterocycles. The molecular weight excluding hydrogens is 326 g/mol. The number of aromatic nitrogens is 4. The highest BCUT2D eigenvalue weighted by atomic mass is 16.2. The average Bonchev–Trinajstić information content (AvgIpc) is 3.12. The van der Waals surface area contributed by atoms with E-state index in [9.17, 15) is 4.79 Å². The normalized spacial score (nSPS) is 10.7. The third kappa shape index (κ3) is 4.53. The van der Waals surface area contributed by atoms with Crippen LogP contribution >= 0.6 is 0 Å². The van der Waals surface area contributed by atoms with E-state index in [4.69, 9.17) is 0 Å². The van der Waals surface area contributed by atoms with Gasteiger partial charge < -0.3 is 5.32 Å². The van der Waals surface area contributed by atoms with E-state index in [2.05, 4.69) is 46.7 Å². The van der Waals surface area contributed by atoms with Crippen LogP contribution in [-0.4, -0.2) is 32.7 Å². The molecule has 6 nitrogen and oxygen atoms in total. The van der Waals surface area contributed by atoms with Crippen molar-refractivity contribution in [3.63, 3.8) is 0 Å². The summed E-state index contributed by atoms with van der Waals surface area (Å²) < 4.78 is 0. The number of hydrogen-bond donors (Lipinski definition) is 1. The van der Waals surface area contributed by atoms with Crippen molar-refractivity contribution in [3.05, 3.63) is 65.2 Å². The first-order valence-electron chi connectivity index (χ1n) is 8.84. The van der Waals surface area contributed by atoms with E-state index in [1.54, 1.807) is 0 Å². The summed E-state index contributed by atoms with van der Waals surface area (Å²) >= 11 is 0. The molecule has 1 N–H and O–H groups in total.